The number of rotatable bonds is 4. The smallest absolute Gasteiger partial charge is 0.251 e. The Morgan fingerprint density at radius 2 is 2.18 bits per heavy atom. The lowest BCUT2D eigenvalue weighted by Gasteiger charge is -2.25. The minimum Gasteiger partial charge on any atom is -0.382 e. The number of anilines is 1. The molecule has 2 aliphatic rings. The maximum absolute atomic E-state index is 12.2. The van der Waals surface area contributed by atoms with E-state index >= 15 is 0 Å². The van der Waals surface area contributed by atoms with Crippen LogP contribution < -0.4 is 10.6 Å². The summed E-state index contributed by atoms with van der Waals surface area (Å²) in [7, 11) is 0. The molecule has 2 N–H and O–H groups in total. The van der Waals surface area contributed by atoms with Gasteiger partial charge in [0.05, 0.1) is 0 Å². The predicted octanol–water partition coefficient (Wildman–Crippen LogP) is 2.92. The number of nitrogens with one attached hydrogen (secondary N) is 2. The molecule has 4 heteroatoms. The Labute approximate surface area is 131 Å². The van der Waals surface area contributed by atoms with Crippen LogP contribution in [0.15, 0.2) is 18.2 Å². The molecule has 118 valence electrons. The van der Waals surface area contributed by atoms with Gasteiger partial charge in [-0.2, -0.15) is 0 Å². The van der Waals surface area contributed by atoms with Crippen LogP contribution in [0.1, 0.15) is 54.9 Å². The van der Waals surface area contributed by atoms with Crippen LogP contribution in [0, 0.1) is 5.92 Å². The number of hydrogen-bond acceptors (Lipinski definition) is 3. The summed E-state index contributed by atoms with van der Waals surface area (Å²) in [5.74, 6) is 0.990. The molecule has 0 radical (unpaired) electrons. The molecule has 1 heterocycles. The molecule has 1 amide bonds. The summed E-state index contributed by atoms with van der Waals surface area (Å²) < 4.78 is 0. The van der Waals surface area contributed by atoms with Crippen molar-refractivity contribution in [3.8, 4) is 0 Å². The van der Waals surface area contributed by atoms with Crippen molar-refractivity contribution < 1.29 is 9.59 Å². The molecule has 0 bridgehead atoms. The lowest BCUT2D eigenvalue weighted by Crippen LogP contribution is -2.27. The van der Waals surface area contributed by atoms with E-state index in [-0.39, 0.29) is 17.7 Å². The van der Waals surface area contributed by atoms with Gasteiger partial charge in [-0.15, -0.1) is 0 Å². The fourth-order valence-electron chi connectivity index (χ4n) is 3.24. The maximum atomic E-state index is 12.2. The quantitative estimate of drug-likeness (QED) is 0.899. The average molecular weight is 300 g/mol. The second kappa shape index (κ2) is 6.51. The van der Waals surface area contributed by atoms with Crippen LogP contribution in [-0.2, 0) is 11.2 Å². The Hall–Kier alpha value is -1.84. The Morgan fingerprint density at radius 3 is 2.91 bits per heavy atom. The van der Waals surface area contributed by atoms with Crippen molar-refractivity contribution in [3.05, 3.63) is 29.3 Å². The number of carbonyl (C=O) groups is 2. The molecular weight excluding hydrogens is 276 g/mol. The summed E-state index contributed by atoms with van der Waals surface area (Å²) in [6.07, 6.45) is 5.98. The normalized spacial score (nSPS) is 21.3. The Kier molecular flexibility index (Phi) is 4.46. The summed E-state index contributed by atoms with van der Waals surface area (Å²) in [5, 5.41) is 6.34. The van der Waals surface area contributed by atoms with E-state index in [1.54, 1.807) is 0 Å². The predicted molar refractivity (Wildman–Crippen MR) is 87.1 cm³/mol. The van der Waals surface area contributed by atoms with E-state index < -0.39 is 0 Å². The number of amides is 1. The van der Waals surface area contributed by atoms with Gasteiger partial charge in [-0.25, -0.2) is 0 Å². The third-order valence-corrected chi connectivity index (χ3v) is 4.75. The summed E-state index contributed by atoms with van der Waals surface area (Å²) in [4.78, 5) is 24.1. The number of carbonyl (C=O) groups excluding carboxylic acids is 2. The lowest BCUT2D eigenvalue weighted by atomic mass is 9.83. The fourth-order valence-corrected chi connectivity index (χ4v) is 3.24. The van der Waals surface area contributed by atoms with Crippen molar-refractivity contribution in [2.45, 2.75) is 51.5 Å². The van der Waals surface area contributed by atoms with Crippen molar-refractivity contribution in [1.82, 2.24) is 5.32 Å². The van der Waals surface area contributed by atoms with E-state index in [2.05, 4.69) is 10.6 Å². The first kappa shape index (κ1) is 15.1. The third kappa shape index (κ3) is 3.49. The largest absolute Gasteiger partial charge is 0.382 e. The Morgan fingerprint density at radius 1 is 1.36 bits per heavy atom. The molecule has 4 nitrogen and oxygen atoms in total. The van der Waals surface area contributed by atoms with Gasteiger partial charge in [0.2, 0.25) is 0 Å². The highest BCUT2D eigenvalue weighted by atomic mass is 16.1. The zero-order valence-corrected chi connectivity index (χ0v) is 13.2. The first-order valence-electron chi connectivity index (χ1n) is 8.31. The molecule has 0 unspecified atom stereocenters. The molecule has 1 fully saturated rings. The summed E-state index contributed by atoms with van der Waals surface area (Å²) in [6, 6.07) is 5.77. The Balaban J connectivity index is 1.64. The first-order chi connectivity index (χ1) is 10.6. The number of benzene rings is 1. The summed E-state index contributed by atoms with van der Waals surface area (Å²) in [6.45, 7) is 2.75. The van der Waals surface area contributed by atoms with Crippen molar-refractivity contribution in [3.63, 3.8) is 0 Å². The lowest BCUT2D eigenvalue weighted by molar-refractivity contribution is -0.118. The van der Waals surface area contributed by atoms with Crippen molar-refractivity contribution in [2.24, 2.45) is 5.92 Å². The highest BCUT2D eigenvalue weighted by Gasteiger charge is 2.20. The highest BCUT2D eigenvalue weighted by Crippen LogP contribution is 2.28. The monoisotopic (exact) mass is 300 g/mol. The molecule has 1 aliphatic heterocycles. The van der Waals surface area contributed by atoms with Crippen LogP contribution in [0.25, 0.3) is 0 Å². The first-order valence-corrected chi connectivity index (χ1v) is 8.31. The maximum Gasteiger partial charge on any atom is 0.251 e. The molecule has 0 saturated heterocycles. The van der Waals surface area contributed by atoms with E-state index in [1.165, 1.54) is 19.3 Å². The van der Waals surface area contributed by atoms with Crippen molar-refractivity contribution >= 4 is 17.4 Å². The molecule has 1 aromatic rings. The zero-order valence-electron chi connectivity index (χ0n) is 13.2. The molecule has 0 aromatic heterocycles. The topological polar surface area (TPSA) is 58.2 Å². The van der Waals surface area contributed by atoms with E-state index in [0.29, 0.717) is 18.4 Å². The molecule has 1 aromatic carbocycles. The van der Waals surface area contributed by atoms with Crippen LogP contribution in [-0.4, -0.2) is 24.3 Å². The molecule has 1 aliphatic carbocycles. The molecule has 0 spiro atoms. The second-order valence-electron chi connectivity index (χ2n) is 6.68. The minimum absolute atomic E-state index is 0.0353. The van der Waals surface area contributed by atoms with Gasteiger partial charge in [0.25, 0.3) is 5.91 Å². The zero-order chi connectivity index (χ0) is 15.5. The Bertz CT molecular complexity index is 578. The number of Topliss-reactive ketones (excluding diaryl/α,β-unsaturated/α-hetero) is 1. The molecule has 22 heavy (non-hydrogen) atoms. The van der Waals surface area contributed by atoms with Crippen LogP contribution in [0.3, 0.4) is 0 Å². The van der Waals surface area contributed by atoms with Crippen LogP contribution in [0.4, 0.5) is 5.69 Å². The van der Waals surface area contributed by atoms with Crippen LogP contribution in [0.5, 0.6) is 0 Å². The molecular formula is C18H24N2O2. The van der Waals surface area contributed by atoms with Gasteiger partial charge in [-0.1, -0.05) is 19.3 Å². The van der Waals surface area contributed by atoms with E-state index in [0.717, 1.165) is 30.1 Å². The molecule has 3 rings (SSSR count). The van der Waals surface area contributed by atoms with Crippen LogP contribution in [0.2, 0.25) is 0 Å². The standard InChI is InChI=1S/C18H24N2O2/c1-12-9-16(21)11-15-10-14(5-6-17(15)20-12)18(22)19-8-7-13-3-2-4-13/h5-6,10,12-13,20H,2-4,7-9,11H2,1H3,(H,19,22)/t12-/m1/s1. The fraction of sp³-hybridized carbons (Fsp3) is 0.556. The minimum atomic E-state index is -0.0353. The third-order valence-electron chi connectivity index (χ3n) is 4.75. The van der Waals surface area contributed by atoms with Crippen molar-refractivity contribution in [1.29, 1.82) is 0 Å². The van der Waals surface area contributed by atoms with Gasteiger partial charge < -0.3 is 10.6 Å². The van der Waals surface area contributed by atoms with Gasteiger partial charge in [0, 0.05) is 36.7 Å². The van der Waals surface area contributed by atoms with Gasteiger partial charge in [-0.3, -0.25) is 9.59 Å². The van der Waals surface area contributed by atoms with Crippen LogP contribution >= 0.6 is 0 Å². The van der Waals surface area contributed by atoms with Gasteiger partial charge in [-0.05, 0) is 43.0 Å². The summed E-state index contributed by atoms with van der Waals surface area (Å²) >= 11 is 0. The van der Waals surface area contributed by atoms with E-state index in [1.807, 2.05) is 25.1 Å². The number of fused-ring (bicyclic) bond motifs is 1. The summed E-state index contributed by atoms with van der Waals surface area (Å²) in [5.41, 5.74) is 2.56. The average Bonchev–Trinajstić information content (AvgIpc) is 2.56. The van der Waals surface area contributed by atoms with Gasteiger partial charge in [0.15, 0.2) is 0 Å². The highest BCUT2D eigenvalue weighted by molar-refractivity contribution is 5.95. The SMILES string of the molecule is C[C@@H]1CC(=O)Cc2cc(C(=O)NCCC3CCC3)ccc2N1. The van der Waals surface area contributed by atoms with E-state index in [9.17, 15) is 9.59 Å². The molecule has 1 saturated carbocycles. The van der Waals surface area contributed by atoms with Gasteiger partial charge in [0.1, 0.15) is 5.78 Å². The van der Waals surface area contributed by atoms with E-state index in [4.69, 9.17) is 0 Å². The van der Waals surface area contributed by atoms with Gasteiger partial charge >= 0.3 is 0 Å². The second-order valence-corrected chi connectivity index (χ2v) is 6.68. The van der Waals surface area contributed by atoms with Crippen molar-refractivity contribution in [2.75, 3.05) is 11.9 Å². The number of ketones is 1. The number of hydrogen-bond donors (Lipinski definition) is 2. The molecule has 1 atom stereocenters.